The second kappa shape index (κ2) is 8.92. The van der Waals surface area contributed by atoms with Gasteiger partial charge < -0.3 is 0 Å². The number of carbonyl (C=O) groups excluding carboxylic acids is 1. The lowest BCUT2D eigenvalue weighted by atomic mass is 9.96. The van der Waals surface area contributed by atoms with Crippen LogP contribution >= 0.6 is 11.6 Å². The summed E-state index contributed by atoms with van der Waals surface area (Å²) in [5, 5.41) is 4.79. The van der Waals surface area contributed by atoms with Gasteiger partial charge in [0, 0.05) is 23.2 Å². The molecule has 5 nitrogen and oxygen atoms in total. The summed E-state index contributed by atoms with van der Waals surface area (Å²) < 4.78 is 0. The fraction of sp³-hybridized carbons (Fsp3) is 0.350. The highest BCUT2D eigenvalue weighted by molar-refractivity contribution is 6.30. The summed E-state index contributed by atoms with van der Waals surface area (Å²) in [4.78, 5) is 19.0. The number of nitrogens with one attached hydrogen (secondary N) is 1. The molecular weight excluding hydrogens is 348 g/mol. The molecule has 3 rings (SSSR count). The lowest BCUT2D eigenvalue weighted by Crippen LogP contribution is -2.39. The number of halogens is 1. The van der Waals surface area contributed by atoms with Crippen LogP contribution in [0.4, 0.5) is 0 Å². The molecule has 0 radical (unpaired) electrons. The zero-order valence-electron chi connectivity index (χ0n) is 14.9. The molecule has 0 spiro atoms. The summed E-state index contributed by atoms with van der Waals surface area (Å²) in [6, 6.07) is 13.6. The zero-order chi connectivity index (χ0) is 18.4. The molecule has 2 heterocycles. The number of carbonyl (C=O) groups is 1. The number of amides is 1. The third-order valence-corrected chi connectivity index (χ3v) is 4.81. The Kier molecular flexibility index (Phi) is 6.36. The van der Waals surface area contributed by atoms with E-state index in [-0.39, 0.29) is 11.8 Å². The molecule has 1 aromatic heterocycles. The van der Waals surface area contributed by atoms with Gasteiger partial charge in [0.1, 0.15) is 0 Å². The Morgan fingerprint density at radius 3 is 2.69 bits per heavy atom. The molecule has 0 aliphatic carbocycles. The van der Waals surface area contributed by atoms with Gasteiger partial charge in [-0.2, -0.15) is 5.10 Å². The van der Waals surface area contributed by atoms with Crippen LogP contribution in [-0.2, 0) is 11.3 Å². The zero-order valence-corrected chi connectivity index (χ0v) is 15.6. The number of hydrogen-bond donors (Lipinski definition) is 1. The number of hydrazone groups is 1. The van der Waals surface area contributed by atoms with Gasteiger partial charge in [-0.05, 0) is 62.7 Å². The maximum atomic E-state index is 12.3. The quantitative estimate of drug-likeness (QED) is 0.648. The molecule has 0 atom stereocenters. The van der Waals surface area contributed by atoms with E-state index in [9.17, 15) is 4.79 Å². The van der Waals surface area contributed by atoms with Crippen molar-refractivity contribution in [1.29, 1.82) is 0 Å². The highest BCUT2D eigenvalue weighted by atomic mass is 35.5. The van der Waals surface area contributed by atoms with Gasteiger partial charge in [-0.1, -0.05) is 29.8 Å². The Balaban J connectivity index is 1.43. The van der Waals surface area contributed by atoms with Crippen molar-refractivity contribution in [1.82, 2.24) is 15.3 Å². The number of nitrogens with zero attached hydrogens (tertiary/aromatic N) is 3. The number of benzene rings is 1. The van der Waals surface area contributed by atoms with Gasteiger partial charge in [0.25, 0.3) is 0 Å². The van der Waals surface area contributed by atoms with Crippen LogP contribution in [-0.4, -0.2) is 35.1 Å². The number of aromatic nitrogens is 1. The predicted octanol–water partition coefficient (Wildman–Crippen LogP) is 3.41. The van der Waals surface area contributed by atoms with Gasteiger partial charge in [0.2, 0.25) is 5.91 Å². The molecule has 26 heavy (non-hydrogen) atoms. The van der Waals surface area contributed by atoms with E-state index in [0.29, 0.717) is 0 Å². The van der Waals surface area contributed by atoms with E-state index in [4.69, 9.17) is 11.6 Å². The van der Waals surface area contributed by atoms with E-state index in [2.05, 4.69) is 32.5 Å². The molecule has 0 bridgehead atoms. The van der Waals surface area contributed by atoms with E-state index in [1.54, 1.807) is 6.21 Å². The monoisotopic (exact) mass is 370 g/mol. The predicted molar refractivity (Wildman–Crippen MR) is 104 cm³/mol. The third kappa shape index (κ3) is 5.38. The molecule has 1 aromatic carbocycles. The van der Waals surface area contributed by atoms with E-state index in [1.807, 2.05) is 37.3 Å². The summed E-state index contributed by atoms with van der Waals surface area (Å²) >= 11 is 5.92. The average Bonchev–Trinajstić information content (AvgIpc) is 2.64. The second-order valence-electron chi connectivity index (χ2n) is 6.61. The van der Waals surface area contributed by atoms with E-state index >= 15 is 0 Å². The molecule has 1 aliphatic rings. The Hall–Kier alpha value is -2.24. The summed E-state index contributed by atoms with van der Waals surface area (Å²) in [7, 11) is 0. The molecule has 0 saturated carbocycles. The van der Waals surface area contributed by atoms with Crippen molar-refractivity contribution >= 4 is 23.7 Å². The lowest BCUT2D eigenvalue weighted by molar-refractivity contribution is -0.126. The molecule has 136 valence electrons. The normalized spacial score (nSPS) is 16.1. The maximum Gasteiger partial charge on any atom is 0.243 e. The van der Waals surface area contributed by atoms with Gasteiger partial charge in [-0.25, -0.2) is 5.43 Å². The third-order valence-electron chi connectivity index (χ3n) is 4.56. The van der Waals surface area contributed by atoms with Crippen molar-refractivity contribution in [3.63, 3.8) is 0 Å². The number of pyridine rings is 1. The van der Waals surface area contributed by atoms with Crippen molar-refractivity contribution in [3.05, 3.63) is 64.4 Å². The topological polar surface area (TPSA) is 57.6 Å². The molecule has 1 aliphatic heterocycles. The Morgan fingerprint density at radius 2 is 2.00 bits per heavy atom. The standard InChI is InChI=1S/C20H23ClN4O/c1-15-3-2-4-19(23-15)13-22-24-20(26)17-9-11-25(12-10-17)14-16-5-7-18(21)8-6-16/h2-8,13,17H,9-12,14H2,1H3,(H,24,26)/b22-13+. The minimum Gasteiger partial charge on any atom is -0.299 e. The van der Waals surface area contributed by atoms with E-state index in [0.717, 1.165) is 48.9 Å². The first kappa shape index (κ1) is 18.5. The molecule has 1 amide bonds. The van der Waals surface area contributed by atoms with Crippen LogP contribution in [0.15, 0.2) is 47.6 Å². The summed E-state index contributed by atoms with van der Waals surface area (Å²) in [5.41, 5.74) is 5.55. The number of piperidine rings is 1. The van der Waals surface area contributed by atoms with Gasteiger partial charge in [-0.3, -0.25) is 14.7 Å². The highest BCUT2D eigenvalue weighted by Crippen LogP contribution is 2.20. The number of likely N-dealkylation sites (tertiary alicyclic amines) is 1. The largest absolute Gasteiger partial charge is 0.299 e. The minimum absolute atomic E-state index is 0.0130. The van der Waals surface area contributed by atoms with Crippen LogP contribution in [0.3, 0.4) is 0 Å². The van der Waals surface area contributed by atoms with Crippen molar-refractivity contribution in [2.24, 2.45) is 11.0 Å². The Labute approximate surface area is 159 Å². The fourth-order valence-corrected chi connectivity index (χ4v) is 3.22. The molecule has 1 N–H and O–H groups in total. The van der Waals surface area contributed by atoms with Crippen LogP contribution in [0.2, 0.25) is 5.02 Å². The first-order chi connectivity index (χ1) is 12.6. The highest BCUT2D eigenvalue weighted by Gasteiger charge is 2.24. The molecule has 2 aromatic rings. The number of aryl methyl sites for hydroxylation is 1. The van der Waals surface area contributed by atoms with Crippen molar-refractivity contribution in [2.75, 3.05) is 13.1 Å². The van der Waals surface area contributed by atoms with Gasteiger partial charge in [0.05, 0.1) is 11.9 Å². The average molecular weight is 371 g/mol. The van der Waals surface area contributed by atoms with E-state index < -0.39 is 0 Å². The minimum atomic E-state index is -0.0138. The smallest absolute Gasteiger partial charge is 0.243 e. The lowest BCUT2D eigenvalue weighted by Gasteiger charge is -2.30. The van der Waals surface area contributed by atoms with Crippen LogP contribution in [0.25, 0.3) is 0 Å². The van der Waals surface area contributed by atoms with Gasteiger partial charge in [0.15, 0.2) is 0 Å². The number of hydrogen-bond acceptors (Lipinski definition) is 4. The molecule has 1 fully saturated rings. The Bertz CT molecular complexity index is 768. The van der Waals surface area contributed by atoms with Crippen molar-refractivity contribution in [2.45, 2.75) is 26.3 Å². The van der Waals surface area contributed by atoms with Crippen molar-refractivity contribution < 1.29 is 4.79 Å². The van der Waals surface area contributed by atoms with Crippen LogP contribution in [0, 0.1) is 12.8 Å². The SMILES string of the molecule is Cc1cccc(/C=N/NC(=O)C2CCN(Cc3ccc(Cl)cc3)CC2)n1. The summed E-state index contributed by atoms with van der Waals surface area (Å²) in [5.74, 6) is -0.000803. The molecule has 1 saturated heterocycles. The van der Waals surface area contributed by atoms with Crippen LogP contribution in [0.5, 0.6) is 0 Å². The molecule has 6 heteroatoms. The molecule has 0 unspecified atom stereocenters. The van der Waals surface area contributed by atoms with Crippen molar-refractivity contribution in [3.8, 4) is 0 Å². The molecular formula is C20H23ClN4O. The number of rotatable bonds is 5. The fourth-order valence-electron chi connectivity index (χ4n) is 3.09. The second-order valence-corrected chi connectivity index (χ2v) is 7.05. The van der Waals surface area contributed by atoms with Gasteiger partial charge in [-0.15, -0.1) is 0 Å². The maximum absolute atomic E-state index is 12.3. The van der Waals surface area contributed by atoms with Crippen LogP contribution < -0.4 is 5.43 Å². The first-order valence-electron chi connectivity index (χ1n) is 8.83. The summed E-state index contributed by atoms with van der Waals surface area (Å²) in [6.07, 6.45) is 3.27. The van der Waals surface area contributed by atoms with E-state index in [1.165, 1.54) is 5.56 Å². The Morgan fingerprint density at radius 1 is 1.27 bits per heavy atom. The van der Waals surface area contributed by atoms with Gasteiger partial charge >= 0.3 is 0 Å². The first-order valence-corrected chi connectivity index (χ1v) is 9.21. The van der Waals surface area contributed by atoms with Crippen LogP contribution in [0.1, 0.15) is 29.8 Å². The summed E-state index contributed by atoms with van der Waals surface area (Å²) in [6.45, 7) is 4.63.